The molecule has 146 valence electrons. The lowest BCUT2D eigenvalue weighted by Crippen LogP contribution is -3.14. The molecule has 1 aromatic rings. The summed E-state index contributed by atoms with van der Waals surface area (Å²) < 4.78 is 10.3. The Morgan fingerprint density at radius 3 is 2.77 bits per heavy atom. The van der Waals surface area contributed by atoms with Crippen LogP contribution < -0.4 is 10.2 Å². The van der Waals surface area contributed by atoms with Gasteiger partial charge in [-0.2, -0.15) is 0 Å². The second kappa shape index (κ2) is 11.0. The van der Waals surface area contributed by atoms with E-state index in [1.54, 1.807) is 15.9 Å². The van der Waals surface area contributed by atoms with Crippen LogP contribution in [-0.4, -0.2) is 68.7 Å². The number of hydrogen-bond donors (Lipinski definition) is 2. The molecule has 0 radical (unpaired) electrons. The van der Waals surface area contributed by atoms with Crippen molar-refractivity contribution in [3.05, 3.63) is 24.2 Å². The Kier molecular flexibility index (Phi) is 8.64. The molecule has 1 aliphatic rings. The highest BCUT2D eigenvalue weighted by Crippen LogP contribution is 2.12. The fourth-order valence-corrected chi connectivity index (χ4v) is 3.08. The summed E-state index contributed by atoms with van der Waals surface area (Å²) in [6.45, 7) is 9.95. The zero-order valence-corrected chi connectivity index (χ0v) is 16.0. The minimum Gasteiger partial charge on any atom is -0.472 e. The van der Waals surface area contributed by atoms with Gasteiger partial charge in [0.15, 0.2) is 0 Å². The van der Waals surface area contributed by atoms with Crippen LogP contribution >= 0.6 is 0 Å². The van der Waals surface area contributed by atoms with Crippen molar-refractivity contribution in [3.8, 4) is 0 Å². The third-order valence-corrected chi connectivity index (χ3v) is 4.96. The number of ether oxygens (including phenoxy) is 1. The first kappa shape index (κ1) is 20.5. The summed E-state index contributed by atoms with van der Waals surface area (Å²) in [4.78, 5) is 28.0. The van der Waals surface area contributed by atoms with Crippen molar-refractivity contribution in [2.75, 3.05) is 45.9 Å². The first-order chi connectivity index (χ1) is 12.6. The average Bonchev–Trinajstić information content (AvgIpc) is 3.20. The van der Waals surface area contributed by atoms with Gasteiger partial charge in [0.25, 0.3) is 5.91 Å². The summed E-state index contributed by atoms with van der Waals surface area (Å²) in [5.74, 6) is -0.0907. The fourth-order valence-electron chi connectivity index (χ4n) is 3.08. The molecule has 1 aromatic heterocycles. The molecule has 2 heterocycles. The van der Waals surface area contributed by atoms with Gasteiger partial charge in [-0.25, -0.2) is 0 Å². The van der Waals surface area contributed by atoms with Gasteiger partial charge in [-0.1, -0.05) is 6.92 Å². The van der Waals surface area contributed by atoms with Gasteiger partial charge in [-0.15, -0.1) is 0 Å². The number of hydrogen-bond acceptors (Lipinski definition) is 4. The number of carbonyl (C=O) groups is 2. The van der Waals surface area contributed by atoms with Crippen LogP contribution in [0.5, 0.6) is 0 Å². The molecule has 2 N–H and O–H groups in total. The quantitative estimate of drug-likeness (QED) is 0.585. The number of nitrogens with one attached hydrogen (secondary N) is 2. The third kappa shape index (κ3) is 6.46. The standard InChI is InChI=1S/C19H31N3O4/c1-3-16(2)22(19(24)17-6-12-26-15-17)9-5-18(23)20-7-4-8-21-10-13-25-14-11-21/h6,12,15-16H,3-5,7-11,13-14H2,1-2H3,(H,20,23)/p+1/t16-/m0/s1. The molecule has 2 amide bonds. The van der Waals surface area contributed by atoms with Crippen LogP contribution in [0.25, 0.3) is 0 Å². The topological polar surface area (TPSA) is 76.2 Å². The van der Waals surface area contributed by atoms with E-state index < -0.39 is 0 Å². The maximum Gasteiger partial charge on any atom is 0.257 e. The highest BCUT2D eigenvalue weighted by Gasteiger charge is 2.22. The van der Waals surface area contributed by atoms with Gasteiger partial charge in [0.05, 0.1) is 31.6 Å². The predicted molar refractivity (Wildman–Crippen MR) is 98.1 cm³/mol. The molecule has 1 atom stereocenters. The fraction of sp³-hybridized carbons (Fsp3) is 0.684. The SMILES string of the molecule is CC[C@H](C)N(CCC(=O)NCCC[NH+]1CCOCC1)C(=O)c1ccoc1. The Morgan fingerprint density at radius 2 is 2.12 bits per heavy atom. The lowest BCUT2D eigenvalue weighted by Gasteiger charge is -2.28. The van der Waals surface area contributed by atoms with E-state index in [1.807, 2.05) is 13.8 Å². The lowest BCUT2D eigenvalue weighted by molar-refractivity contribution is -0.908. The zero-order valence-electron chi connectivity index (χ0n) is 16.0. The number of rotatable bonds is 10. The van der Waals surface area contributed by atoms with Crippen molar-refractivity contribution >= 4 is 11.8 Å². The van der Waals surface area contributed by atoms with Crippen molar-refractivity contribution < 1.29 is 23.6 Å². The number of amides is 2. The normalized spacial score (nSPS) is 16.2. The summed E-state index contributed by atoms with van der Waals surface area (Å²) in [5, 5.41) is 2.97. The molecule has 0 unspecified atom stereocenters. The Hall–Kier alpha value is -1.86. The second-order valence-electron chi connectivity index (χ2n) is 6.83. The second-order valence-corrected chi connectivity index (χ2v) is 6.83. The molecule has 0 bridgehead atoms. The van der Waals surface area contributed by atoms with Crippen molar-refractivity contribution in [1.82, 2.24) is 10.2 Å². The van der Waals surface area contributed by atoms with Gasteiger partial charge in [-0.05, 0) is 19.4 Å². The highest BCUT2D eigenvalue weighted by molar-refractivity contribution is 5.94. The van der Waals surface area contributed by atoms with Crippen LogP contribution in [-0.2, 0) is 9.53 Å². The summed E-state index contributed by atoms with van der Waals surface area (Å²) in [5.41, 5.74) is 0.527. The van der Waals surface area contributed by atoms with E-state index in [4.69, 9.17) is 9.15 Å². The van der Waals surface area contributed by atoms with Gasteiger partial charge in [0, 0.05) is 32.0 Å². The molecule has 7 heteroatoms. The Morgan fingerprint density at radius 1 is 1.35 bits per heavy atom. The predicted octanol–water partition coefficient (Wildman–Crippen LogP) is 0.332. The highest BCUT2D eigenvalue weighted by atomic mass is 16.5. The largest absolute Gasteiger partial charge is 0.472 e. The molecule has 1 fully saturated rings. The van der Waals surface area contributed by atoms with Crippen molar-refractivity contribution in [1.29, 1.82) is 0 Å². The van der Waals surface area contributed by atoms with E-state index in [-0.39, 0.29) is 17.9 Å². The van der Waals surface area contributed by atoms with Gasteiger partial charge in [0.2, 0.25) is 5.91 Å². The van der Waals surface area contributed by atoms with Gasteiger partial charge in [-0.3, -0.25) is 9.59 Å². The summed E-state index contributed by atoms with van der Waals surface area (Å²) >= 11 is 0. The van der Waals surface area contributed by atoms with E-state index in [0.717, 1.165) is 45.7 Å². The Labute approximate surface area is 155 Å². The minimum atomic E-state index is -0.0863. The van der Waals surface area contributed by atoms with E-state index in [9.17, 15) is 9.59 Å². The number of quaternary nitrogens is 1. The average molecular weight is 366 g/mol. The summed E-state index contributed by atoms with van der Waals surface area (Å²) in [6, 6.07) is 1.74. The van der Waals surface area contributed by atoms with Crippen molar-refractivity contribution in [2.45, 2.75) is 39.2 Å². The van der Waals surface area contributed by atoms with E-state index >= 15 is 0 Å². The van der Waals surface area contributed by atoms with Crippen molar-refractivity contribution in [2.24, 2.45) is 0 Å². The van der Waals surface area contributed by atoms with Crippen LogP contribution in [0.2, 0.25) is 0 Å². The molecule has 0 aromatic carbocycles. The molecule has 1 saturated heterocycles. The van der Waals surface area contributed by atoms with E-state index in [2.05, 4.69) is 5.32 Å². The van der Waals surface area contributed by atoms with Gasteiger partial charge < -0.3 is 24.3 Å². The molecule has 0 aliphatic carbocycles. The van der Waals surface area contributed by atoms with Crippen LogP contribution in [0.4, 0.5) is 0 Å². The van der Waals surface area contributed by atoms with Crippen LogP contribution in [0.1, 0.15) is 43.5 Å². The maximum absolute atomic E-state index is 12.6. The van der Waals surface area contributed by atoms with E-state index in [0.29, 0.717) is 25.1 Å². The summed E-state index contributed by atoms with van der Waals surface area (Å²) in [7, 11) is 0. The van der Waals surface area contributed by atoms with Crippen LogP contribution in [0, 0.1) is 0 Å². The number of morpholine rings is 1. The number of nitrogens with zero attached hydrogens (tertiary/aromatic N) is 1. The van der Waals surface area contributed by atoms with E-state index in [1.165, 1.54) is 12.5 Å². The van der Waals surface area contributed by atoms with Crippen LogP contribution in [0.3, 0.4) is 0 Å². The molecular weight excluding hydrogens is 334 g/mol. The third-order valence-electron chi connectivity index (χ3n) is 4.96. The smallest absolute Gasteiger partial charge is 0.257 e. The maximum atomic E-state index is 12.6. The molecule has 2 rings (SSSR count). The van der Waals surface area contributed by atoms with Gasteiger partial charge in [0.1, 0.15) is 19.4 Å². The molecule has 0 spiro atoms. The zero-order chi connectivity index (χ0) is 18.8. The molecular formula is C19H32N3O4+. The molecule has 7 nitrogen and oxygen atoms in total. The summed E-state index contributed by atoms with van der Waals surface area (Å²) in [6.07, 6.45) is 5.06. The Balaban J connectivity index is 1.69. The monoisotopic (exact) mass is 366 g/mol. The molecule has 1 aliphatic heterocycles. The number of carbonyl (C=O) groups excluding carboxylic acids is 2. The molecule has 26 heavy (non-hydrogen) atoms. The van der Waals surface area contributed by atoms with Crippen molar-refractivity contribution in [3.63, 3.8) is 0 Å². The minimum absolute atomic E-state index is 0.00438. The number of furan rings is 1. The molecule has 0 saturated carbocycles. The lowest BCUT2D eigenvalue weighted by atomic mass is 10.1. The van der Waals surface area contributed by atoms with Crippen LogP contribution in [0.15, 0.2) is 23.0 Å². The first-order valence-corrected chi connectivity index (χ1v) is 9.63. The first-order valence-electron chi connectivity index (χ1n) is 9.63. The Bertz CT molecular complexity index is 541. The van der Waals surface area contributed by atoms with Gasteiger partial charge >= 0.3 is 0 Å².